The number of rotatable bonds is 2. The van der Waals surface area contributed by atoms with E-state index in [1.807, 2.05) is 4.90 Å². The van der Waals surface area contributed by atoms with Crippen molar-refractivity contribution in [2.75, 3.05) is 18.0 Å². The average Bonchev–Trinajstić information content (AvgIpc) is 2.29. The molecule has 1 atom stereocenters. The number of piperidine rings is 1. The van der Waals surface area contributed by atoms with E-state index in [-0.39, 0.29) is 16.8 Å². The lowest BCUT2D eigenvalue weighted by Gasteiger charge is -2.33. The van der Waals surface area contributed by atoms with Crippen molar-refractivity contribution in [3.8, 4) is 0 Å². The van der Waals surface area contributed by atoms with Crippen molar-refractivity contribution in [2.45, 2.75) is 12.8 Å². The summed E-state index contributed by atoms with van der Waals surface area (Å²) in [6.45, 7) is 1.27. The van der Waals surface area contributed by atoms with Crippen molar-refractivity contribution in [1.82, 2.24) is 4.98 Å². The third kappa shape index (κ3) is 2.66. The van der Waals surface area contributed by atoms with Crippen molar-refractivity contribution in [2.24, 2.45) is 11.7 Å². The van der Waals surface area contributed by atoms with Crippen LogP contribution < -0.4 is 10.6 Å². The molecule has 1 aromatic heterocycles. The Morgan fingerprint density at radius 2 is 2.41 bits per heavy atom. The van der Waals surface area contributed by atoms with Crippen molar-refractivity contribution in [3.05, 3.63) is 23.1 Å². The Labute approximate surface area is 104 Å². The van der Waals surface area contributed by atoms with E-state index in [1.165, 1.54) is 12.3 Å². The van der Waals surface area contributed by atoms with Gasteiger partial charge in [0.25, 0.3) is 0 Å². The lowest BCUT2D eigenvalue weighted by molar-refractivity contribution is 0.490. The van der Waals surface area contributed by atoms with Gasteiger partial charge in [-0.25, -0.2) is 9.37 Å². The number of amidine groups is 1. The number of anilines is 1. The van der Waals surface area contributed by atoms with Crippen molar-refractivity contribution >= 4 is 23.3 Å². The lowest BCUT2D eigenvalue weighted by Crippen LogP contribution is -2.41. The Bertz CT molecular complexity index is 437. The molecule has 0 aromatic carbocycles. The van der Waals surface area contributed by atoms with Gasteiger partial charge >= 0.3 is 0 Å². The molecule has 1 unspecified atom stereocenters. The summed E-state index contributed by atoms with van der Waals surface area (Å²) >= 11 is 5.66. The third-order valence-corrected chi connectivity index (χ3v) is 3.16. The van der Waals surface area contributed by atoms with Crippen LogP contribution in [0.5, 0.6) is 0 Å². The molecule has 0 saturated carbocycles. The minimum Gasteiger partial charge on any atom is -0.387 e. The first-order valence-electron chi connectivity index (χ1n) is 5.48. The summed E-state index contributed by atoms with van der Waals surface area (Å²) in [6.07, 6.45) is 3.19. The molecule has 1 saturated heterocycles. The number of halogens is 2. The third-order valence-electron chi connectivity index (χ3n) is 2.95. The van der Waals surface area contributed by atoms with E-state index in [2.05, 4.69) is 4.98 Å². The maximum Gasteiger partial charge on any atom is 0.167 e. The van der Waals surface area contributed by atoms with Gasteiger partial charge in [0, 0.05) is 25.2 Å². The highest BCUT2D eigenvalue weighted by atomic mass is 35.5. The minimum atomic E-state index is -0.429. The average molecular weight is 257 g/mol. The van der Waals surface area contributed by atoms with E-state index in [0.29, 0.717) is 12.4 Å². The predicted octanol–water partition coefficient (Wildman–Crippen LogP) is 2.03. The second kappa shape index (κ2) is 4.87. The molecule has 2 heterocycles. The molecule has 0 radical (unpaired) electrons. The second-order valence-electron chi connectivity index (χ2n) is 4.20. The smallest absolute Gasteiger partial charge is 0.167 e. The topological polar surface area (TPSA) is 66.0 Å². The Morgan fingerprint density at radius 3 is 3.06 bits per heavy atom. The summed E-state index contributed by atoms with van der Waals surface area (Å²) in [6, 6.07) is 1.25. The van der Waals surface area contributed by atoms with Crippen LogP contribution in [0, 0.1) is 17.1 Å². The summed E-state index contributed by atoms with van der Waals surface area (Å²) in [5.41, 5.74) is 5.49. The van der Waals surface area contributed by atoms with Crippen molar-refractivity contribution in [1.29, 1.82) is 5.41 Å². The molecule has 0 aliphatic carbocycles. The summed E-state index contributed by atoms with van der Waals surface area (Å²) < 4.78 is 13.7. The molecule has 3 N–H and O–H groups in total. The van der Waals surface area contributed by atoms with Crippen LogP contribution in [-0.2, 0) is 0 Å². The van der Waals surface area contributed by atoms with Crippen LogP contribution in [0.2, 0.25) is 5.02 Å². The second-order valence-corrected chi connectivity index (χ2v) is 4.64. The largest absolute Gasteiger partial charge is 0.387 e. The van der Waals surface area contributed by atoms with E-state index in [0.717, 1.165) is 19.4 Å². The highest BCUT2D eigenvalue weighted by Gasteiger charge is 2.24. The number of aromatic nitrogens is 1. The number of hydrogen-bond acceptors (Lipinski definition) is 3. The molecule has 4 nitrogen and oxygen atoms in total. The first kappa shape index (κ1) is 12.1. The highest BCUT2D eigenvalue weighted by Crippen LogP contribution is 2.25. The van der Waals surface area contributed by atoms with Crippen LogP contribution in [-0.4, -0.2) is 23.9 Å². The van der Waals surface area contributed by atoms with Gasteiger partial charge in [-0.05, 0) is 18.9 Å². The van der Waals surface area contributed by atoms with Crippen LogP contribution in [0.1, 0.15) is 12.8 Å². The van der Waals surface area contributed by atoms with Gasteiger partial charge in [-0.15, -0.1) is 0 Å². The van der Waals surface area contributed by atoms with E-state index in [1.54, 1.807) is 0 Å². The maximum absolute atomic E-state index is 13.7. The predicted molar refractivity (Wildman–Crippen MR) is 66.1 cm³/mol. The molecular formula is C11H14ClFN4. The Kier molecular flexibility index (Phi) is 3.47. The summed E-state index contributed by atoms with van der Waals surface area (Å²) in [5, 5.41) is 7.73. The van der Waals surface area contributed by atoms with Crippen LogP contribution in [0.3, 0.4) is 0 Å². The molecular weight excluding hydrogens is 243 g/mol. The van der Waals surface area contributed by atoms with Gasteiger partial charge < -0.3 is 10.6 Å². The van der Waals surface area contributed by atoms with Crippen molar-refractivity contribution < 1.29 is 4.39 Å². The number of pyridine rings is 1. The van der Waals surface area contributed by atoms with E-state index in [4.69, 9.17) is 22.7 Å². The lowest BCUT2D eigenvalue weighted by atomic mass is 9.97. The molecule has 1 fully saturated rings. The van der Waals surface area contributed by atoms with E-state index < -0.39 is 5.82 Å². The summed E-state index contributed by atoms with van der Waals surface area (Å²) in [5.74, 6) is 0.00625. The van der Waals surface area contributed by atoms with Crippen LogP contribution >= 0.6 is 11.6 Å². The standard InChI is InChI=1S/C11H14ClFN4/c12-8-4-9(13)11(16-5-8)17-3-1-2-7(6-17)10(14)15/h4-5,7H,1-3,6H2,(H3,14,15). The summed E-state index contributed by atoms with van der Waals surface area (Å²) in [7, 11) is 0. The molecule has 1 aromatic rings. The molecule has 0 spiro atoms. The molecule has 92 valence electrons. The Morgan fingerprint density at radius 1 is 1.65 bits per heavy atom. The van der Waals surface area contributed by atoms with Crippen LogP contribution in [0.15, 0.2) is 12.3 Å². The molecule has 0 bridgehead atoms. The minimum absolute atomic E-state index is 0.0133. The van der Waals surface area contributed by atoms with Gasteiger partial charge in [0.2, 0.25) is 0 Å². The molecule has 1 aliphatic rings. The zero-order chi connectivity index (χ0) is 12.4. The zero-order valence-corrected chi connectivity index (χ0v) is 10.0. The molecule has 17 heavy (non-hydrogen) atoms. The fourth-order valence-corrected chi connectivity index (χ4v) is 2.21. The number of nitrogens with zero attached hydrogens (tertiary/aromatic N) is 2. The maximum atomic E-state index is 13.7. The first-order valence-corrected chi connectivity index (χ1v) is 5.85. The molecule has 2 rings (SSSR count). The SMILES string of the molecule is N=C(N)C1CCCN(c2ncc(Cl)cc2F)C1. The zero-order valence-electron chi connectivity index (χ0n) is 9.29. The van der Waals surface area contributed by atoms with E-state index in [9.17, 15) is 4.39 Å². The fraction of sp³-hybridized carbons (Fsp3) is 0.455. The van der Waals surface area contributed by atoms with Gasteiger partial charge in [0.15, 0.2) is 11.6 Å². The normalized spacial score (nSPS) is 20.4. The molecule has 0 amide bonds. The van der Waals surface area contributed by atoms with Gasteiger partial charge in [-0.1, -0.05) is 11.6 Å². The number of nitrogens with two attached hydrogens (primary N) is 1. The molecule has 6 heteroatoms. The number of nitrogens with one attached hydrogen (secondary N) is 1. The van der Waals surface area contributed by atoms with Crippen LogP contribution in [0.4, 0.5) is 10.2 Å². The van der Waals surface area contributed by atoms with E-state index >= 15 is 0 Å². The Hall–Kier alpha value is -1.36. The van der Waals surface area contributed by atoms with Gasteiger partial charge in [0.05, 0.1) is 10.9 Å². The van der Waals surface area contributed by atoms with Gasteiger partial charge in [-0.2, -0.15) is 0 Å². The van der Waals surface area contributed by atoms with Crippen molar-refractivity contribution in [3.63, 3.8) is 0 Å². The van der Waals surface area contributed by atoms with Gasteiger partial charge in [-0.3, -0.25) is 5.41 Å². The number of hydrogen-bond donors (Lipinski definition) is 2. The molecule has 1 aliphatic heterocycles. The fourth-order valence-electron chi connectivity index (χ4n) is 2.06. The monoisotopic (exact) mass is 256 g/mol. The highest BCUT2D eigenvalue weighted by molar-refractivity contribution is 6.30. The quantitative estimate of drug-likeness (QED) is 0.629. The van der Waals surface area contributed by atoms with Crippen LogP contribution in [0.25, 0.3) is 0 Å². The van der Waals surface area contributed by atoms with Gasteiger partial charge in [0.1, 0.15) is 0 Å². The Balaban J connectivity index is 2.19. The first-order chi connectivity index (χ1) is 8.08. The summed E-state index contributed by atoms with van der Waals surface area (Å²) in [4.78, 5) is 5.82.